The highest BCUT2D eigenvalue weighted by Crippen LogP contribution is 2.42. The third-order valence-electron chi connectivity index (χ3n) is 4.99. The average molecular weight is 387 g/mol. The van der Waals surface area contributed by atoms with Crippen molar-refractivity contribution in [2.45, 2.75) is 31.0 Å². The van der Waals surface area contributed by atoms with Crippen molar-refractivity contribution in [3.05, 3.63) is 65.5 Å². The third kappa shape index (κ3) is 4.10. The van der Waals surface area contributed by atoms with Crippen molar-refractivity contribution in [3.8, 4) is 5.75 Å². The minimum Gasteiger partial charge on any atom is -0.489 e. The summed E-state index contributed by atoms with van der Waals surface area (Å²) in [6.45, 7) is 2.45. The van der Waals surface area contributed by atoms with E-state index < -0.39 is 0 Å². The SMILES string of the molecule is CC1NNC2NC(=O)CSC(c3ccc(OCc4cccc(F)c4)cc3)C12. The molecule has 2 aromatic carbocycles. The zero-order chi connectivity index (χ0) is 18.8. The van der Waals surface area contributed by atoms with Gasteiger partial charge in [-0.25, -0.2) is 9.82 Å². The number of hydrogen-bond donors (Lipinski definition) is 3. The lowest BCUT2D eigenvalue weighted by atomic mass is 9.91. The highest BCUT2D eigenvalue weighted by molar-refractivity contribution is 8.00. The number of fused-ring (bicyclic) bond motifs is 1. The van der Waals surface area contributed by atoms with Crippen LogP contribution in [-0.4, -0.2) is 23.9 Å². The van der Waals surface area contributed by atoms with Crippen molar-refractivity contribution in [2.24, 2.45) is 5.92 Å². The Bertz CT molecular complexity index is 817. The maximum absolute atomic E-state index is 13.3. The number of nitrogens with one attached hydrogen (secondary N) is 3. The van der Waals surface area contributed by atoms with Gasteiger partial charge in [0.05, 0.1) is 11.9 Å². The summed E-state index contributed by atoms with van der Waals surface area (Å²) in [4.78, 5) is 12.0. The maximum atomic E-state index is 13.3. The number of ether oxygens (including phenoxy) is 1. The van der Waals surface area contributed by atoms with E-state index >= 15 is 0 Å². The molecule has 0 spiro atoms. The van der Waals surface area contributed by atoms with Gasteiger partial charge in [0.15, 0.2) is 0 Å². The Kier molecular flexibility index (Phi) is 5.33. The first kappa shape index (κ1) is 18.3. The summed E-state index contributed by atoms with van der Waals surface area (Å²) in [5, 5.41) is 3.23. The fourth-order valence-corrected chi connectivity index (χ4v) is 5.01. The molecule has 2 fully saturated rings. The summed E-state index contributed by atoms with van der Waals surface area (Å²) in [7, 11) is 0. The maximum Gasteiger partial charge on any atom is 0.231 e. The third-order valence-corrected chi connectivity index (χ3v) is 6.37. The summed E-state index contributed by atoms with van der Waals surface area (Å²) < 4.78 is 19.0. The number of hydrogen-bond acceptors (Lipinski definition) is 5. The number of rotatable bonds is 4. The second-order valence-corrected chi connectivity index (χ2v) is 8.05. The predicted octanol–water partition coefficient (Wildman–Crippen LogP) is 2.75. The fraction of sp³-hybridized carbons (Fsp3) is 0.350. The molecular formula is C20H22FN3O2S. The molecule has 0 aliphatic carbocycles. The molecule has 4 rings (SSSR count). The molecule has 5 nitrogen and oxygen atoms in total. The molecule has 4 atom stereocenters. The van der Waals surface area contributed by atoms with Crippen LogP contribution in [0, 0.1) is 11.7 Å². The van der Waals surface area contributed by atoms with Gasteiger partial charge in [-0.05, 0) is 42.3 Å². The van der Waals surface area contributed by atoms with Crippen molar-refractivity contribution in [2.75, 3.05) is 5.75 Å². The predicted molar refractivity (Wildman–Crippen MR) is 104 cm³/mol. The van der Waals surface area contributed by atoms with Crippen molar-refractivity contribution in [3.63, 3.8) is 0 Å². The summed E-state index contributed by atoms with van der Waals surface area (Å²) in [5.74, 6) is 1.23. The number of hydrazine groups is 1. The number of thioether (sulfide) groups is 1. The first-order chi connectivity index (χ1) is 13.1. The number of benzene rings is 2. The van der Waals surface area contributed by atoms with Crippen molar-refractivity contribution < 1.29 is 13.9 Å². The second-order valence-electron chi connectivity index (χ2n) is 6.92. The molecule has 2 aliphatic rings. The molecule has 2 aromatic rings. The molecule has 142 valence electrons. The summed E-state index contributed by atoms with van der Waals surface area (Å²) in [6.07, 6.45) is -0.0728. The van der Waals surface area contributed by atoms with E-state index in [-0.39, 0.29) is 35.1 Å². The number of amides is 1. The van der Waals surface area contributed by atoms with Crippen LogP contribution in [0.15, 0.2) is 48.5 Å². The van der Waals surface area contributed by atoms with E-state index in [1.807, 2.05) is 18.2 Å². The first-order valence-corrected chi connectivity index (χ1v) is 10.0. The van der Waals surface area contributed by atoms with Crippen LogP contribution in [0.2, 0.25) is 0 Å². The van der Waals surface area contributed by atoms with Crippen LogP contribution in [0.25, 0.3) is 0 Å². The summed E-state index contributed by atoms with van der Waals surface area (Å²) in [6, 6.07) is 14.6. The Morgan fingerprint density at radius 1 is 1.19 bits per heavy atom. The fourth-order valence-electron chi connectivity index (χ4n) is 3.63. The zero-order valence-electron chi connectivity index (χ0n) is 14.9. The van der Waals surface area contributed by atoms with Crippen LogP contribution in [0.4, 0.5) is 4.39 Å². The lowest BCUT2D eigenvalue weighted by Gasteiger charge is -2.27. The highest BCUT2D eigenvalue weighted by atomic mass is 32.2. The smallest absolute Gasteiger partial charge is 0.231 e. The lowest BCUT2D eigenvalue weighted by molar-refractivity contribution is -0.119. The topological polar surface area (TPSA) is 62.4 Å². The molecule has 2 saturated heterocycles. The Morgan fingerprint density at radius 2 is 2.00 bits per heavy atom. The van der Waals surface area contributed by atoms with Gasteiger partial charge in [0.1, 0.15) is 18.2 Å². The number of carbonyl (C=O) groups is 1. The van der Waals surface area contributed by atoms with Crippen LogP contribution in [0.1, 0.15) is 23.3 Å². The molecule has 0 radical (unpaired) electrons. The molecule has 0 saturated carbocycles. The van der Waals surface area contributed by atoms with Crippen LogP contribution in [0.3, 0.4) is 0 Å². The Morgan fingerprint density at radius 3 is 2.78 bits per heavy atom. The lowest BCUT2D eigenvalue weighted by Crippen LogP contribution is -2.46. The molecule has 7 heteroatoms. The van der Waals surface area contributed by atoms with Gasteiger partial charge in [-0.2, -0.15) is 0 Å². The minimum absolute atomic E-state index is 0.0518. The second kappa shape index (κ2) is 7.88. The molecule has 27 heavy (non-hydrogen) atoms. The highest BCUT2D eigenvalue weighted by Gasteiger charge is 2.42. The molecule has 4 unspecified atom stereocenters. The van der Waals surface area contributed by atoms with Crippen LogP contribution in [-0.2, 0) is 11.4 Å². The largest absolute Gasteiger partial charge is 0.489 e. The van der Waals surface area contributed by atoms with Gasteiger partial charge < -0.3 is 10.1 Å². The van der Waals surface area contributed by atoms with Crippen molar-refractivity contribution in [1.82, 2.24) is 16.2 Å². The van der Waals surface area contributed by atoms with Gasteiger partial charge in [0.2, 0.25) is 5.91 Å². The molecule has 0 aromatic heterocycles. The van der Waals surface area contributed by atoms with Crippen molar-refractivity contribution >= 4 is 17.7 Å². The van der Waals surface area contributed by atoms with Gasteiger partial charge in [-0.15, -0.1) is 11.8 Å². The van der Waals surface area contributed by atoms with E-state index in [0.29, 0.717) is 12.4 Å². The molecule has 2 heterocycles. The Hall–Kier alpha value is -2.09. The van der Waals surface area contributed by atoms with E-state index in [1.165, 1.54) is 17.7 Å². The van der Waals surface area contributed by atoms with E-state index in [1.54, 1.807) is 17.8 Å². The first-order valence-electron chi connectivity index (χ1n) is 8.99. The quantitative estimate of drug-likeness (QED) is 0.753. The standard InChI is InChI=1S/C20H22FN3O2S/c1-12-18-19(27-11-17(25)22-20(18)24-23-12)14-5-7-16(8-6-14)26-10-13-3-2-4-15(21)9-13/h2-9,12,18-20,23-24H,10-11H2,1H3,(H,22,25). The Labute approximate surface area is 162 Å². The van der Waals surface area contributed by atoms with E-state index in [9.17, 15) is 9.18 Å². The summed E-state index contributed by atoms with van der Waals surface area (Å²) in [5.41, 5.74) is 8.38. The summed E-state index contributed by atoms with van der Waals surface area (Å²) >= 11 is 1.67. The van der Waals surface area contributed by atoms with Crippen LogP contribution < -0.4 is 20.9 Å². The van der Waals surface area contributed by atoms with E-state index in [4.69, 9.17) is 4.74 Å². The molecule has 3 N–H and O–H groups in total. The van der Waals surface area contributed by atoms with Crippen molar-refractivity contribution in [1.29, 1.82) is 0 Å². The number of carbonyl (C=O) groups excluding carboxylic acids is 1. The van der Waals surface area contributed by atoms with Gasteiger partial charge in [-0.3, -0.25) is 10.2 Å². The van der Waals surface area contributed by atoms with Gasteiger partial charge in [0, 0.05) is 17.2 Å². The molecule has 0 bridgehead atoms. The van der Waals surface area contributed by atoms with Crippen LogP contribution in [0.5, 0.6) is 5.75 Å². The van der Waals surface area contributed by atoms with Gasteiger partial charge in [0.25, 0.3) is 0 Å². The van der Waals surface area contributed by atoms with Crippen LogP contribution >= 0.6 is 11.8 Å². The molecule has 1 amide bonds. The Balaban J connectivity index is 1.46. The van der Waals surface area contributed by atoms with E-state index in [2.05, 4.69) is 35.2 Å². The number of halogens is 1. The van der Waals surface area contributed by atoms with Gasteiger partial charge in [-0.1, -0.05) is 24.3 Å². The minimum atomic E-state index is -0.262. The monoisotopic (exact) mass is 387 g/mol. The zero-order valence-corrected chi connectivity index (χ0v) is 15.8. The molecule has 2 aliphatic heterocycles. The van der Waals surface area contributed by atoms with E-state index in [0.717, 1.165) is 11.3 Å². The molecular weight excluding hydrogens is 365 g/mol. The van der Waals surface area contributed by atoms with Gasteiger partial charge >= 0.3 is 0 Å². The average Bonchev–Trinajstić information content (AvgIpc) is 2.92. The normalized spacial score (nSPS) is 27.6.